The van der Waals surface area contributed by atoms with Gasteiger partial charge >= 0.3 is 0 Å². The summed E-state index contributed by atoms with van der Waals surface area (Å²) in [7, 11) is 0. The van der Waals surface area contributed by atoms with Crippen molar-refractivity contribution in [2.75, 3.05) is 0 Å². The Morgan fingerprint density at radius 2 is 1.61 bits per heavy atom. The minimum Gasteiger partial charge on any atom is -0.500 e. The van der Waals surface area contributed by atoms with E-state index in [4.69, 9.17) is 19.5 Å². The van der Waals surface area contributed by atoms with Crippen LogP contribution in [-0.4, -0.2) is 15.0 Å². The number of aryl methyl sites for hydroxylation is 3. The van der Waals surface area contributed by atoms with Crippen molar-refractivity contribution in [2.24, 2.45) is 5.41 Å². The van der Waals surface area contributed by atoms with Gasteiger partial charge in [-0.25, -0.2) is 0 Å². The van der Waals surface area contributed by atoms with Crippen molar-refractivity contribution in [1.29, 1.82) is 0 Å². The number of hydrogen-bond acceptors (Lipinski definition) is 4. The standard InChI is InChI=1S/C28H31N2O.C13H12N.Ir/c1-16-13-21-23-22-20(31-21)10-9-18(19-14-17(11-12-29-19)15-26(2,3)4)24(22)27(5,6)28(7,8)25(23)30-16;1-10-3-6-12(7-4-10)13-8-5-11(2)9-14-13;/h10-14H,15H2,1-8H3;3-6,8-9H,1-2H3;/q2*-1;/i1D3,15D2;1D3,2D3;. The van der Waals surface area contributed by atoms with E-state index in [2.05, 4.69) is 54.8 Å². The molecule has 0 unspecified atom stereocenters. The minimum absolute atomic E-state index is 0. The molecule has 0 saturated carbocycles. The molecule has 0 amide bonds. The Balaban J connectivity index is 0.000000251. The van der Waals surface area contributed by atoms with Gasteiger partial charge in [0.2, 0.25) is 0 Å². The number of rotatable bonds is 3. The SMILES string of the molecule is [2H]C([2H])([2H])c1c[c-]c(-c2ccc(C([2H])([2H])[2H])cn2)cc1.[2H]C([2H])([2H])c1cc2oc3c[c-]c(-c4cc(C([2H])([2H])C(C)(C)C)ccn4)c4c3c2c(n1)C(C)(C)C4(C)C.[Ir]. The first-order valence-corrected chi connectivity index (χ1v) is 14.9. The van der Waals surface area contributed by atoms with Crippen molar-refractivity contribution in [1.82, 2.24) is 15.0 Å². The summed E-state index contributed by atoms with van der Waals surface area (Å²) >= 11 is 0. The predicted octanol–water partition coefficient (Wildman–Crippen LogP) is 10.5. The molecule has 1 aliphatic rings. The Morgan fingerprint density at radius 3 is 2.26 bits per heavy atom. The molecule has 0 bridgehead atoms. The van der Waals surface area contributed by atoms with Crippen LogP contribution in [0.4, 0.5) is 0 Å². The van der Waals surface area contributed by atoms with Crippen molar-refractivity contribution in [2.45, 2.75) is 86.2 Å². The number of furan rings is 1. The van der Waals surface area contributed by atoms with Crippen LogP contribution < -0.4 is 0 Å². The van der Waals surface area contributed by atoms with Gasteiger partial charge in [0.15, 0.2) is 0 Å². The number of aromatic nitrogens is 3. The van der Waals surface area contributed by atoms with Crippen LogP contribution >= 0.6 is 0 Å². The maximum absolute atomic E-state index is 8.77. The maximum Gasteiger partial charge on any atom is 0.124 e. The summed E-state index contributed by atoms with van der Waals surface area (Å²) in [5, 5.41) is 1.72. The van der Waals surface area contributed by atoms with E-state index < -0.39 is 43.2 Å². The van der Waals surface area contributed by atoms with Gasteiger partial charge in [-0.05, 0) is 59.3 Å². The molecule has 2 aromatic carbocycles. The van der Waals surface area contributed by atoms with Gasteiger partial charge in [0.25, 0.3) is 0 Å². The number of nitrogens with zero attached hydrogens (tertiary/aromatic N) is 3. The molecule has 6 aromatic rings. The first-order valence-electron chi connectivity index (χ1n) is 20.4. The van der Waals surface area contributed by atoms with Gasteiger partial charge in [-0.2, -0.15) is 0 Å². The van der Waals surface area contributed by atoms with Crippen molar-refractivity contribution >= 4 is 21.9 Å². The first-order chi connectivity index (χ1) is 25.6. The van der Waals surface area contributed by atoms with Gasteiger partial charge in [0, 0.05) is 70.1 Å². The molecule has 0 N–H and O–H groups in total. The van der Waals surface area contributed by atoms with Crippen molar-refractivity contribution in [3.63, 3.8) is 0 Å². The Labute approximate surface area is 302 Å². The zero-order valence-electron chi connectivity index (χ0n) is 37.9. The molecule has 0 aliphatic heterocycles. The molecule has 4 nitrogen and oxygen atoms in total. The van der Waals surface area contributed by atoms with E-state index in [1.807, 2.05) is 26.8 Å². The van der Waals surface area contributed by atoms with E-state index in [9.17, 15) is 0 Å². The fourth-order valence-electron chi connectivity index (χ4n) is 5.92. The summed E-state index contributed by atoms with van der Waals surface area (Å²) in [6.45, 7) is 7.40. The predicted molar refractivity (Wildman–Crippen MR) is 186 cm³/mol. The Morgan fingerprint density at radius 1 is 0.826 bits per heavy atom. The van der Waals surface area contributed by atoms with Crippen LogP contribution in [0, 0.1) is 38.1 Å². The van der Waals surface area contributed by atoms with Crippen LogP contribution in [0.5, 0.6) is 0 Å². The molecule has 0 spiro atoms. The van der Waals surface area contributed by atoms with Crippen LogP contribution in [0.15, 0.2) is 71.4 Å². The summed E-state index contributed by atoms with van der Waals surface area (Å²) in [6.07, 6.45) is 1.39. The molecular formula is C41H43IrN3O-2. The first kappa shape index (κ1) is 22.0. The van der Waals surface area contributed by atoms with E-state index in [1.165, 1.54) is 30.5 Å². The van der Waals surface area contributed by atoms with Gasteiger partial charge in [0.05, 0.1) is 11.3 Å². The molecule has 5 heteroatoms. The summed E-state index contributed by atoms with van der Waals surface area (Å²) in [5.41, 5.74) is 4.78. The zero-order chi connectivity index (χ0) is 41.6. The molecule has 7 rings (SSSR count). The number of pyridine rings is 3. The van der Waals surface area contributed by atoms with Crippen LogP contribution in [0.1, 0.15) is 97.2 Å². The zero-order valence-corrected chi connectivity index (χ0v) is 29.3. The molecular weight excluding hydrogens is 743 g/mol. The third-order valence-corrected chi connectivity index (χ3v) is 8.71. The van der Waals surface area contributed by atoms with Crippen LogP contribution in [-0.2, 0) is 37.3 Å². The second-order valence-electron chi connectivity index (χ2n) is 13.6. The van der Waals surface area contributed by atoms with Gasteiger partial charge in [-0.1, -0.05) is 79.1 Å². The summed E-state index contributed by atoms with van der Waals surface area (Å²) < 4.78 is 91.2. The Kier molecular flexibility index (Phi) is 5.82. The quantitative estimate of drug-likeness (QED) is 0.167. The minimum atomic E-state index is -2.35. The molecule has 46 heavy (non-hydrogen) atoms. The number of hydrogen-bond donors (Lipinski definition) is 0. The van der Waals surface area contributed by atoms with E-state index >= 15 is 0 Å². The average Bonchev–Trinajstić information content (AvgIpc) is 3.47. The second-order valence-corrected chi connectivity index (χ2v) is 13.6. The third kappa shape index (κ3) is 6.08. The van der Waals surface area contributed by atoms with Crippen LogP contribution in [0.25, 0.3) is 44.5 Å². The Hall–Kier alpha value is -3.66. The second kappa shape index (κ2) is 12.2. The maximum atomic E-state index is 8.77. The van der Waals surface area contributed by atoms with Gasteiger partial charge in [-0.15, -0.1) is 58.7 Å². The molecule has 4 aromatic heterocycles. The smallest absolute Gasteiger partial charge is 0.124 e. The molecule has 0 atom stereocenters. The molecule has 1 radical (unpaired) electrons. The molecule has 0 fully saturated rings. The van der Waals surface area contributed by atoms with Crippen LogP contribution in [0.3, 0.4) is 0 Å². The van der Waals surface area contributed by atoms with E-state index in [1.54, 1.807) is 30.5 Å². The normalized spacial score (nSPS) is 19.2. The van der Waals surface area contributed by atoms with Gasteiger partial charge in [0.1, 0.15) is 5.58 Å². The monoisotopic (exact) mass is 797 g/mol. The summed E-state index contributed by atoms with van der Waals surface area (Å²) in [5.74, 6) is 0. The van der Waals surface area contributed by atoms with Crippen molar-refractivity contribution in [3.8, 4) is 22.5 Å². The average molecular weight is 797 g/mol. The van der Waals surface area contributed by atoms with Crippen molar-refractivity contribution in [3.05, 3.63) is 113 Å². The van der Waals surface area contributed by atoms with Crippen molar-refractivity contribution < 1.29 is 39.6 Å². The largest absolute Gasteiger partial charge is 0.500 e. The topological polar surface area (TPSA) is 51.8 Å². The van der Waals surface area contributed by atoms with E-state index in [-0.39, 0.29) is 36.9 Å². The molecule has 4 heterocycles. The number of benzene rings is 2. The summed E-state index contributed by atoms with van der Waals surface area (Å²) in [4.78, 5) is 13.4. The summed E-state index contributed by atoms with van der Waals surface area (Å²) in [6, 6.07) is 20.7. The van der Waals surface area contributed by atoms with Gasteiger partial charge in [-0.3, -0.25) is 4.98 Å². The van der Waals surface area contributed by atoms with Crippen LogP contribution in [0.2, 0.25) is 0 Å². The third-order valence-electron chi connectivity index (χ3n) is 8.71. The molecule has 239 valence electrons. The van der Waals surface area contributed by atoms with Gasteiger partial charge < -0.3 is 14.4 Å². The molecule has 1 aliphatic carbocycles. The Bertz CT molecular complexity index is 2380. The molecule has 0 saturated heterocycles. The van der Waals surface area contributed by atoms with E-state index in [0.717, 1.165) is 21.9 Å². The fraction of sp³-hybridized carbons (Fsp3) is 0.341. The fourth-order valence-corrected chi connectivity index (χ4v) is 5.92. The van der Waals surface area contributed by atoms with E-state index in [0.29, 0.717) is 39.4 Å².